The number of hydrogen-bond acceptors (Lipinski definition) is 1. The van der Waals surface area contributed by atoms with Gasteiger partial charge >= 0.3 is 5.97 Å². The molecule has 1 aromatic carbocycles. The third-order valence-electron chi connectivity index (χ3n) is 4.07. The second-order valence-electron chi connectivity index (χ2n) is 6.71. The maximum atomic E-state index is 11.9. The second-order valence-corrected chi connectivity index (χ2v) is 6.71. The van der Waals surface area contributed by atoms with Crippen LogP contribution in [0.1, 0.15) is 71.4 Å². The van der Waals surface area contributed by atoms with Crippen molar-refractivity contribution < 1.29 is 9.90 Å². The van der Waals surface area contributed by atoms with Gasteiger partial charge in [-0.3, -0.25) is 4.79 Å². The zero-order valence-corrected chi connectivity index (χ0v) is 13.5. The van der Waals surface area contributed by atoms with Crippen molar-refractivity contribution in [2.75, 3.05) is 0 Å². The summed E-state index contributed by atoms with van der Waals surface area (Å²) in [5, 5.41) is 9.77. The molecule has 0 heterocycles. The van der Waals surface area contributed by atoms with E-state index in [0.717, 1.165) is 18.4 Å². The Morgan fingerprint density at radius 1 is 0.950 bits per heavy atom. The minimum Gasteiger partial charge on any atom is -0.481 e. The molecule has 1 aromatic rings. The number of benzene rings is 1. The lowest BCUT2D eigenvalue weighted by Gasteiger charge is -2.30. The maximum absolute atomic E-state index is 11.9. The van der Waals surface area contributed by atoms with Crippen molar-refractivity contribution in [2.45, 2.75) is 71.1 Å². The minimum absolute atomic E-state index is 0.0971. The van der Waals surface area contributed by atoms with E-state index in [0.29, 0.717) is 12.8 Å². The van der Waals surface area contributed by atoms with Gasteiger partial charge in [-0.1, -0.05) is 71.7 Å². The molecular weight excluding hydrogens is 248 g/mol. The molecule has 0 amide bonds. The van der Waals surface area contributed by atoms with Gasteiger partial charge in [0, 0.05) is 0 Å². The molecule has 20 heavy (non-hydrogen) atoms. The molecule has 2 heteroatoms. The molecule has 0 aliphatic heterocycles. The van der Waals surface area contributed by atoms with Crippen LogP contribution in [-0.2, 0) is 15.6 Å². The van der Waals surface area contributed by atoms with Crippen LogP contribution in [0.15, 0.2) is 24.3 Å². The van der Waals surface area contributed by atoms with Gasteiger partial charge < -0.3 is 5.11 Å². The van der Waals surface area contributed by atoms with Gasteiger partial charge in [0.25, 0.3) is 0 Å². The summed E-state index contributed by atoms with van der Waals surface area (Å²) in [4.78, 5) is 11.9. The zero-order chi connectivity index (χ0) is 15.4. The Morgan fingerprint density at radius 3 is 1.65 bits per heavy atom. The Morgan fingerprint density at radius 2 is 1.35 bits per heavy atom. The molecule has 0 aliphatic rings. The number of aliphatic carboxylic acids is 1. The summed E-state index contributed by atoms with van der Waals surface area (Å²) < 4.78 is 0. The van der Waals surface area contributed by atoms with Crippen LogP contribution < -0.4 is 0 Å². The molecule has 0 aliphatic carbocycles. The smallest absolute Gasteiger partial charge is 0.314 e. The molecule has 0 spiro atoms. The predicted molar refractivity (Wildman–Crippen MR) is 84.3 cm³/mol. The van der Waals surface area contributed by atoms with Crippen molar-refractivity contribution in [1.82, 2.24) is 0 Å². The highest BCUT2D eigenvalue weighted by Crippen LogP contribution is 2.36. The fourth-order valence-corrected chi connectivity index (χ4v) is 2.89. The van der Waals surface area contributed by atoms with Gasteiger partial charge in [0.05, 0.1) is 5.41 Å². The average Bonchev–Trinajstić information content (AvgIpc) is 2.37. The van der Waals surface area contributed by atoms with Gasteiger partial charge in [-0.05, 0) is 29.4 Å². The number of carboxylic acid groups (broad SMARTS) is 1. The molecule has 0 atom stereocenters. The molecule has 0 unspecified atom stereocenters. The summed E-state index contributed by atoms with van der Waals surface area (Å²) in [6.45, 7) is 10.6. The monoisotopic (exact) mass is 276 g/mol. The molecule has 0 aromatic heterocycles. The van der Waals surface area contributed by atoms with Crippen LogP contribution in [0.25, 0.3) is 0 Å². The van der Waals surface area contributed by atoms with E-state index in [1.165, 1.54) is 5.56 Å². The first-order valence-electron chi connectivity index (χ1n) is 7.62. The van der Waals surface area contributed by atoms with Crippen molar-refractivity contribution in [2.24, 2.45) is 0 Å². The van der Waals surface area contributed by atoms with Crippen molar-refractivity contribution in [3.63, 3.8) is 0 Å². The first kappa shape index (κ1) is 16.7. The highest BCUT2D eigenvalue weighted by atomic mass is 16.4. The third-order valence-corrected chi connectivity index (χ3v) is 4.07. The zero-order valence-electron chi connectivity index (χ0n) is 13.5. The first-order valence-corrected chi connectivity index (χ1v) is 7.62. The number of carboxylic acids is 1. The highest BCUT2D eigenvalue weighted by molar-refractivity contribution is 5.81. The molecule has 0 saturated heterocycles. The molecule has 2 nitrogen and oxygen atoms in total. The summed E-state index contributed by atoms with van der Waals surface area (Å²) in [6.07, 6.45) is 3.16. The van der Waals surface area contributed by atoms with Gasteiger partial charge in [-0.2, -0.15) is 0 Å². The van der Waals surface area contributed by atoms with Gasteiger partial charge in [0.15, 0.2) is 0 Å². The molecule has 0 fully saturated rings. The fourth-order valence-electron chi connectivity index (χ4n) is 2.89. The van der Waals surface area contributed by atoms with E-state index < -0.39 is 11.4 Å². The predicted octanol–water partition coefficient (Wildman–Crippen LogP) is 4.91. The Hall–Kier alpha value is -1.31. The number of hydrogen-bond donors (Lipinski definition) is 1. The Bertz CT molecular complexity index is 431. The van der Waals surface area contributed by atoms with E-state index in [1.54, 1.807) is 0 Å². The van der Waals surface area contributed by atoms with E-state index in [4.69, 9.17) is 0 Å². The van der Waals surface area contributed by atoms with Crippen LogP contribution in [0.2, 0.25) is 0 Å². The summed E-state index contributed by atoms with van der Waals surface area (Å²) in [5.41, 5.74) is 1.56. The van der Waals surface area contributed by atoms with Crippen LogP contribution >= 0.6 is 0 Å². The lowest BCUT2D eigenvalue weighted by molar-refractivity contribution is -0.144. The van der Waals surface area contributed by atoms with Crippen molar-refractivity contribution >= 4 is 5.97 Å². The van der Waals surface area contributed by atoms with Crippen LogP contribution in [0, 0.1) is 0 Å². The summed E-state index contributed by atoms with van der Waals surface area (Å²) in [5.74, 6) is -0.690. The number of rotatable bonds is 6. The topological polar surface area (TPSA) is 37.3 Å². The van der Waals surface area contributed by atoms with Crippen molar-refractivity contribution in [1.29, 1.82) is 0 Å². The average molecular weight is 276 g/mol. The van der Waals surface area contributed by atoms with Crippen LogP contribution in [0.3, 0.4) is 0 Å². The van der Waals surface area contributed by atoms with Gasteiger partial charge in [-0.25, -0.2) is 0 Å². The van der Waals surface area contributed by atoms with E-state index >= 15 is 0 Å². The quantitative estimate of drug-likeness (QED) is 0.801. The lowest BCUT2D eigenvalue weighted by atomic mass is 9.72. The molecule has 0 bridgehead atoms. The van der Waals surface area contributed by atoms with E-state index in [2.05, 4.69) is 46.8 Å². The maximum Gasteiger partial charge on any atom is 0.314 e. The molecule has 0 radical (unpaired) electrons. The summed E-state index contributed by atoms with van der Waals surface area (Å²) >= 11 is 0. The normalized spacial score (nSPS) is 12.4. The summed E-state index contributed by atoms with van der Waals surface area (Å²) in [7, 11) is 0. The molecule has 0 saturated carbocycles. The largest absolute Gasteiger partial charge is 0.481 e. The lowest BCUT2D eigenvalue weighted by Crippen LogP contribution is -2.35. The number of carbonyl (C=O) groups is 1. The fraction of sp³-hybridized carbons (Fsp3) is 0.611. The van der Waals surface area contributed by atoms with E-state index in [-0.39, 0.29) is 5.41 Å². The molecule has 112 valence electrons. The summed E-state index contributed by atoms with van der Waals surface area (Å²) in [6, 6.07) is 8.19. The SMILES string of the molecule is CCCC(CCC)(C(=O)O)c1ccc(C(C)(C)C)cc1. The molecule has 1 N–H and O–H groups in total. The Labute approximate surface area is 123 Å². The van der Waals surface area contributed by atoms with Crippen molar-refractivity contribution in [3.8, 4) is 0 Å². The third kappa shape index (κ3) is 3.41. The van der Waals surface area contributed by atoms with E-state index in [9.17, 15) is 9.90 Å². The van der Waals surface area contributed by atoms with E-state index in [1.807, 2.05) is 12.1 Å². The van der Waals surface area contributed by atoms with Gasteiger partial charge in [0.1, 0.15) is 0 Å². The van der Waals surface area contributed by atoms with Crippen LogP contribution in [-0.4, -0.2) is 11.1 Å². The van der Waals surface area contributed by atoms with Crippen molar-refractivity contribution in [3.05, 3.63) is 35.4 Å². The van der Waals surface area contributed by atoms with Crippen LogP contribution in [0.4, 0.5) is 0 Å². The highest BCUT2D eigenvalue weighted by Gasteiger charge is 2.38. The molecular formula is C18H28O2. The second kappa shape index (κ2) is 6.43. The molecule has 1 rings (SSSR count). The Kier molecular flexibility index (Phi) is 5.38. The van der Waals surface area contributed by atoms with Gasteiger partial charge in [0.2, 0.25) is 0 Å². The standard InChI is InChI=1S/C18H28O2/c1-6-12-18(13-7-2,16(19)20)15-10-8-14(9-11-15)17(3,4)5/h8-11H,6-7,12-13H2,1-5H3,(H,19,20). The van der Waals surface area contributed by atoms with Gasteiger partial charge in [-0.15, -0.1) is 0 Å². The Balaban J connectivity index is 3.24. The van der Waals surface area contributed by atoms with Crippen LogP contribution in [0.5, 0.6) is 0 Å². The first-order chi connectivity index (χ1) is 9.28. The minimum atomic E-state index is -0.722.